The summed E-state index contributed by atoms with van der Waals surface area (Å²) in [5.41, 5.74) is 1.78. The lowest BCUT2D eigenvalue weighted by molar-refractivity contribution is -0.115. The van der Waals surface area contributed by atoms with Crippen molar-refractivity contribution < 1.29 is 9.59 Å². The third-order valence-corrected chi connectivity index (χ3v) is 3.55. The van der Waals surface area contributed by atoms with Crippen LogP contribution >= 0.6 is 23.2 Å². The molecule has 2 amide bonds. The largest absolute Gasteiger partial charge is 0.327 e. The van der Waals surface area contributed by atoms with Crippen LogP contribution in [0.15, 0.2) is 29.5 Å². The first-order chi connectivity index (χ1) is 9.42. The molecule has 106 valence electrons. The molecule has 2 N–H and O–H groups in total. The van der Waals surface area contributed by atoms with E-state index in [1.807, 2.05) is 0 Å². The third kappa shape index (κ3) is 2.97. The molecule has 1 aliphatic rings. The van der Waals surface area contributed by atoms with Gasteiger partial charge in [-0.3, -0.25) is 4.79 Å². The maximum Gasteiger partial charge on any atom is 0.319 e. The van der Waals surface area contributed by atoms with Gasteiger partial charge in [0, 0.05) is 27.7 Å². The third-order valence-electron chi connectivity index (χ3n) is 3.11. The number of hydrogen-bond donors (Lipinski definition) is 2. The number of urea groups is 1. The molecular formula is C14H14Cl2N2O2. The second-order valence-electron chi connectivity index (χ2n) is 4.55. The van der Waals surface area contributed by atoms with Gasteiger partial charge < -0.3 is 10.6 Å². The summed E-state index contributed by atoms with van der Waals surface area (Å²) >= 11 is 12.0. The van der Waals surface area contributed by atoms with Crippen LogP contribution in [0.3, 0.4) is 0 Å². The van der Waals surface area contributed by atoms with Crippen molar-refractivity contribution in [1.82, 2.24) is 10.6 Å². The highest BCUT2D eigenvalue weighted by atomic mass is 35.5. The van der Waals surface area contributed by atoms with Crippen molar-refractivity contribution in [3.05, 3.63) is 45.1 Å². The van der Waals surface area contributed by atoms with E-state index in [4.69, 9.17) is 23.2 Å². The van der Waals surface area contributed by atoms with Gasteiger partial charge in [-0.1, -0.05) is 30.1 Å². The SMILES string of the molecule is CCC(=O)C1=C(C)NC(=O)NC1c1cc(Cl)cc(Cl)c1. The molecule has 1 aromatic rings. The average molecular weight is 313 g/mol. The number of Topliss-reactive ketones (excluding diaryl/α,β-unsaturated/α-hetero) is 1. The lowest BCUT2D eigenvalue weighted by Gasteiger charge is -2.28. The van der Waals surface area contributed by atoms with E-state index >= 15 is 0 Å². The van der Waals surface area contributed by atoms with Crippen LogP contribution in [0.25, 0.3) is 0 Å². The van der Waals surface area contributed by atoms with Gasteiger partial charge >= 0.3 is 6.03 Å². The molecule has 1 heterocycles. The summed E-state index contributed by atoms with van der Waals surface area (Å²) in [6, 6.07) is 4.11. The Labute approximate surface area is 127 Å². The standard InChI is InChI=1S/C14H14Cl2N2O2/c1-3-11(19)12-7(2)17-14(20)18-13(12)8-4-9(15)6-10(16)5-8/h4-6,13H,3H2,1-2H3,(H2,17,18,20). The molecule has 0 aromatic heterocycles. The Hall–Kier alpha value is -1.52. The van der Waals surface area contributed by atoms with E-state index in [-0.39, 0.29) is 11.8 Å². The minimum atomic E-state index is -0.535. The van der Waals surface area contributed by atoms with Crippen molar-refractivity contribution >= 4 is 35.0 Å². The van der Waals surface area contributed by atoms with Gasteiger partial charge in [-0.2, -0.15) is 0 Å². The van der Waals surface area contributed by atoms with Crippen LogP contribution in [-0.2, 0) is 4.79 Å². The Balaban J connectivity index is 2.53. The second-order valence-corrected chi connectivity index (χ2v) is 5.42. The highest BCUT2D eigenvalue weighted by Crippen LogP contribution is 2.31. The van der Waals surface area contributed by atoms with Gasteiger partial charge in [0.25, 0.3) is 0 Å². The number of carbonyl (C=O) groups is 2. The van der Waals surface area contributed by atoms with E-state index < -0.39 is 6.04 Å². The Morgan fingerprint density at radius 2 is 1.85 bits per heavy atom. The number of benzene rings is 1. The fourth-order valence-corrected chi connectivity index (χ4v) is 2.79. The van der Waals surface area contributed by atoms with Crippen LogP contribution in [0.2, 0.25) is 10.0 Å². The Morgan fingerprint density at radius 1 is 1.25 bits per heavy atom. The first-order valence-corrected chi connectivity index (χ1v) is 6.95. The molecule has 0 saturated carbocycles. The van der Waals surface area contributed by atoms with Crippen LogP contribution in [0.5, 0.6) is 0 Å². The maximum atomic E-state index is 12.1. The summed E-state index contributed by atoms with van der Waals surface area (Å²) in [6.07, 6.45) is 0.356. The first kappa shape index (κ1) is 14.9. The van der Waals surface area contributed by atoms with E-state index in [0.29, 0.717) is 33.3 Å². The van der Waals surface area contributed by atoms with Crippen molar-refractivity contribution in [3.8, 4) is 0 Å². The number of allylic oxidation sites excluding steroid dienone is 1. The van der Waals surface area contributed by atoms with Gasteiger partial charge in [0.05, 0.1) is 6.04 Å². The van der Waals surface area contributed by atoms with E-state index in [1.54, 1.807) is 32.0 Å². The summed E-state index contributed by atoms with van der Waals surface area (Å²) in [6.45, 7) is 3.49. The highest BCUT2D eigenvalue weighted by Gasteiger charge is 2.30. The summed E-state index contributed by atoms with van der Waals surface area (Å²) in [5.74, 6) is -0.0314. The molecule has 0 radical (unpaired) electrons. The van der Waals surface area contributed by atoms with Crippen LogP contribution in [0.1, 0.15) is 31.9 Å². The van der Waals surface area contributed by atoms with Gasteiger partial charge in [0.15, 0.2) is 5.78 Å². The van der Waals surface area contributed by atoms with Gasteiger partial charge in [-0.05, 0) is 30.7 Å². The molecule has 4 nitrogen and oxygen atoms in total. The zero-order valence-corrected chi connectivity index (χ0v) is 12.6. The molecule has 0 spiro atoms. The van der Waals surface area contributed by atoms with E-state index in [1.165, 1.54) is 0 Å². The smallest absolute Gasteiger partial charge is 0.319 e. The number of halogens is 2. The minimum absolute atomic E-state index is 0.0314. The molecule has 20 heavy (non-hydrogen) atoms. The molecule has 1 aromatic carbocycles. The molecule has 0 aliphatic carbocycles. The zero-order chi connectivity index (χ0) is 14.9. The van der Waals surface area contributed by atoms with E-state index in [0.717, 1.165) is 0 Å². The minimum Gasteiger partial charge on any atom is -0.327 e. The summed E-state index contributed by atoms with van der Waals surface area (Å²) in [7, 11) is 0. The number of nitrogens with one attached hydrogen (secondary N) is 2. The fourth-order valence-electron chi connectivity index (χ4n) is 2.25. The summed E-state index contributed by atoms with van der Waals surface area (Å²) in [5, 5.41) is 6.27. The van der Waals surface area contributed by atoms with Crippen molar-refractivity contribution in [2.45, 2.75) is 26.3 Å². The Morgan fingerprint density at radius 3 is 2.40 bits per heavy atom. The summed E-state index contributed by atoms with van der Waals surface area (Å²) < 4.78 is 0. The van der Waals surface area contributed by atoms with Crippen molar-refractivity contribution in [1.29, 1.82) is 0 Å². The van der Waals surface area contributed by atoms with Crippen molar-refractivity contribution in [2.75, 3.05) is 0 Å². The monoisotopic (exact) mass is 312 g/mol. The lowest BCUT2D eigenvalue weighted by Crippen LogP contribution is -2.45. The molecule has 6 heteroatoms. The number of carbonyl (C=O) groups excluding carboxylic acids is 2. The van der Waals surface area contributed by atoms with E-state index in [2.05, 4.69) is 10.6 Å². The first-order valence-electron chi connectivity index (χ1n) is 6.19. The predicted molar refractivity (Wildman–Crippen MR) is 78.9 cm³/mol. The highest BCUT2D eigenvalue weighted by molar-refractivity contribution is 6.34. The summed E-state index contributed by atoms with van der Waals surface area (Å²) in [4.78, 5) is 23.8. The van der Waals surface area contributed by atoms with Crippen LogP contribution in [-0.4, -0.2) is 11.8 Å². The van der Waals surface area contributed by atoms with Gasteiger partial charge in [0.1, 0.15) is 0 Å². The predicted octanol–water partition coefficient (Wildman–Crippen LogP) is 3.60. The molecule has 1 atom stereocenters. The molecule has 1 aliphatic heterocycles. The molecule has 2 rings (SSSR count). The molecule has 0 bridgehead atoms. The number of amides is 2. The lowest BCUT2D eigenvalue weighted by atomic mass is 9.91. The Bertz CT molecular complexity index is 591. The zero-order valence-electron chi connectivity index (χ0n) is 11.1. The van der Waals surface area contributed by atoms with Gasteiger partial charge in [-0.25, -0.2) is 4.79 Å². The Kier molecular flexibility index (Phi) is 4.35. The second kappa shape index (κ2) is 5.85. The van der Waals surface area contributed by atoms with Crippen molar-refractivity contribution in [3.63, 3.8) is 0 Å². The van der Waals surface area contributed by atoms with Gasteiger partial charge in [0.2, 0.25) is 0 Å². The quantitative estimate of drug-likeness (QED) is 0.896. The topological polar surface area (TPSA) is 58.2 Å². The number of ketones is 1. The average Bonchev–Trinajstić information content (AvgIpc) is 2.35. The normalized spacial score (nSPS) is 18.6. The molecular weight excluding hydrogens is 299 g/mol. The van der Waals surface area contributed by atoms with Gasteiger partial charge in [-0.15, -0.1) is 0 Å². The van der Waals surface area contributed by atoms with Crippen LogP contribution in [0, 0.1) is 0 Å². The number of rotatable bonds is 3. The van der Waals surface area contributed by atoms with E-state index in [9.17, 15) is 9.59 Å². The molecule has 0 saturated heterocycles. The van der Waals surface area contributed by atoms with Crippen molar-refractivity contribution in [2.24, 2.45) is 0 Å². The van der Waals surface area contributed by atoms with Crippen LogP contribution in [0.4, 0.5) is 4.79 Å². The molecule has 1 unspecified atom stereocenters. The maximum absolute atomic E-state index is 12.1. The number of hydrogen-bond acceptors (Lipinski definition) is 2. The van der Waals surface area contributed by atoms with Crippen LogP contribution < -0.4 is 10.6 Å². The molecule has 0 fully saturated rings. The fraction of sp³-hybridized carbons (Fsp3) is 0.286.